The van der Waals surface area contributed by atoms with Gasteiger partial charge in [0.15, 0.2) is 0 Å². The predicted octanol–water partition coefficient (Wildman–Crippen LogP) is 0.778. The molecule has 0 bridgehead atoms. The van der Waals surface area contributed by atoms with E-state index in [0.29, 0.717) is 5.92 Å². The van der Waals surface area contributed by atoms with Crippen molar-refractivity contribution < 1.29 is 4.79 Å². The van der Waals surface area contributed by atoms with Crippen molar-refractivity contribution in [3.05, 3.63) is 0 Å². The van der Waals surface area contributed by atoms with Gasteiger partial charge in [0.05, 0.1) is 0 Å². The van der Waals surface area contributed by atoms with Crippen molar-refractivity contribution in [3.8, 4) is 0 Å². The van der Waals surface area contributed by atoms with Crippen molar-refractivity contribution in [2.24, 2.45) is 11.8 Å². The molecule has 2 atom stereocenters. The summed E-state index contributed by atoms with van der Waals surface area (Å²) in [6, 6.07) is 0. The van der Waals surface area contributed by atoms with Crippen LogP contribution in [0, 0.1) is 11.8 Å². The molecule has 1 N–H and O–H groups in total. The number of hydrogen-bond acceptors (Lipinski definition) is 1. The summed E-state index contributed by atoms with van der Waals surface area (Å²) in [5.74, 6) is 1.05. The standard InChI is InChI=1S/C7H13NO/c1-3-6-4-8-7(9)5(6)2/h5-6H,3-4H2,1-2H3,(H,8,9)/t5-,6?/m0/s1. The fourth-order valence-corrected chi connectivity index (χ4v) is 1.28. The summed E-state index contributed by atoms with van der Waals surface area (Å²) < 4.78 is 0. The van der Waals surface area contributed by atoms with Crippen LogP contribution in [0.1, 0.15) is 20.3 Å². The normalized spacial score (nSPS) is 34.7. The van der Waals surface area contributed by atoms with E-state index in [1.54, 1.807) is 0 Å². The van der Waals surface area contributed by atoms with Gasteiger partial charge in [-0.05, 0) is 5.92 Å². The van der Waals surface area contributed by atoms with Gasteiger partial charge in [0, 0.05) is 12.5 Å². The zero-order chi connectivity index (χ0) is 6.85. The van der Waals surface area contributed by atoms with Crippen LogP contribution in [-0.2, 0) is 4.79 Å². The first kappa shape index (κ1) is 6.59. The molecule has 1 aliphatic rings. The summed E-state index contributed by atoms with van der Waals surface area (Å²) >= 11 is 0. The molecule has 1 heterocycles. The third-order valence-corrected chi connectivity index (χ3v) is 2.18. The Balaban J connectivity index is 2.51. The van der Waals surface area contributed by atoms with E-state index in [2.05, 4.69) is 12.2 Å². The molecule has 2 nitrogen and oxygen atoms in total. The molecule has 1 fully saturated rings. The third-order valence-electron chi connectivity index (χ3n) is 2.18. The van der Waals surface area contributed by atoms with Gasteiger partial charge in [-0.25, -0.2) is 0 Å². The highest BCUT2D eigenvalue weighted by atomic mass is 16.2. The van der Waals surface area contributed by atoms with Crippen LogP contribution in [0.2, 0.25) is 0 Å². The summed E-state index contributed by atoms with van der Waals surface area (Å²) in [6.45, 7) is 5.01. The van der Waals surface area contributed by atoms with Gasteiger partial charge in [-0.3, -0.25) is 4.79 Å². The second-order valence-electron chi connectivity index (χ2n) is 2.70. The zero-order valence-corrected chi connectivity index (χ0v) is 5.98. The van der Waals surface area contributed by atoms with E-state index in [1.807, 2.05) is 6.92 Å². The molecule has 0 aromatic heterocycles. The maximum absolute atomic E-state index is 10.8. The molecular weight excluding hydrogens is 114 g/mol. The molecule has 52 valence electrons. The molecule has 9 heavy (non-hydrogen) atoms. The Morgan fingerprint density at radius 3 is 2.67 bits per heavy atom. The van der Waals surface area contributed by atoms with Crippen molar-refractivity contribution in [1.29, 1.82) is 0 Å². The molecule has 0 aromatic carbocycles. The Bertz CT molecular complexity index is 122. The van der Waals surface area contributed by atoms with E-state index >= 15 is 0 Å². The number of amides is 1. The molecule has 0 aromatic rings. The van der Waals surface area contributed by atoms with Crippen LogP contribution < -0.4 is 5.32 Å². The van der Waals surface area contributed by atoms with Gasteiger partial charge >= 0.3 is 0 Å². The molecule has 0 radical (unpaired) electrons. The fourth-order valence-electron chi connectivity index (χ4n) is 1.28. The first-order chi connectivity index (χ1) is 4.25. The van der Waals surface area contributed by atoms with Crippen LogP contribution in [-0.4, -0.2) is 12.5 Å². The summed E-state index contributed by atoms with van der Waals surface area (Å²) in [7, 11) is 0. The first-order valence-electron chi connectivity index (χ1n) is 3.53. The van der Waals surface area contributed by atoms with E-state index in [-0.39, 0.29) is 11.8 Å². The second-order valence-corrected chi connectivity index (χ2v) is 2.70. The van der Waals surface area contributed by atoms with Crippen LogP contribution in [0.4, 0.5) is 0 Å². The van der Waals surface area contributed by atoms with E-state index in [4.69, 9.17) is 0 Å². The van der Waals surface area contributed by atoms with E-state index in [9.17, 15) is 4.79 Å². The molecule has 0 saturated carbocycles. The zero-order valence-electron chi connectivity index (χ0n) is 5.98. The molecule has 2 heteroatoms. The Hall–Kier alpha value is -0.530. The number of nitrogens with one attached hydrogen (secondary N) is 1. The van der Waals surface area contributed by atoms with Crippen molar-refractivity contribution in [1.82, 2.24) is 5.32 Å². The summed E-state index contributed by atoms with van der Waals surface area (Å²) in [6.07, 6.45) is 1.11. The van der Waals surface area contributed by atoms with Crippen molar-refractivity contribution >= 4 is 5.91 Å². The Labute approximate surface area is 55.6 Å². The molecule has 1 saturated heterocycles. The minimum atomic E-state index is 0.224. The monoisotopic (exact) mass is 127 g/mol. The Morgan fingerprint density at radius 1 is 1.78 bits per heavy atom. The van der Waals surface area contributed by atoms with Gasteiger partial charge in [-0.15, -0.1) is 0 Å². The van der Waals surface area contributed by atoms with Gasteiger partial charge in [0.2, 0.25) is 5.91 Å². The van der Waals surface area contributed by atoms with Gasteiger partial charge < -0.3 is 5.32 Å². The lowest BCUT2D eigenvalue weighted by Crippen LogP contribution is -2.16. The first-order valence-corrected chi connectivity index (χ1v) is 3.53. The maximum Gasteiger partial charge on any atom is 0.223 e. The van der Waals surface area contributed by atoms with Crippen molar-refractivity contribution in [2.75, 3.05) is 6.54 Å². The lowest BCUT2D eigenvalue weighted by atomic mass is 9.95. The molecule has 0 aliphatic carbocycles. The number of carbonyl (C=O) groups is 1. The van der Waals surface area contributed by atoms with E-state index in [0.717, 1.165) is 13.0 Å². The molecule has 1 rings (SSSR count). The van der Waals surface area contributed by atoms with Gasteiger partial charge in [0.25, 0.3) is 0 Å². The predicted molar refractivity (Wildman–Crippen MR) is 36.0 cm³/mol. The molecule has 1 aliphatic heterocycles. The SMILES string of the molecule is CCC1CNC(=O)[C@H]1C. The highest BCUT2D eigenvalue weighted by Crippen LogP contribution is 2.19. The van der Waals surface area contributed by atoms with Crippen LogP contribution in [0.15, 0.2) is 0 Å². The quantitative estimate of drug-likeness (QED) is 0.554. The minimum absolute atomic E-state index is 0.224. The highest BCUT2D eigenvalue weighted by Gasteiger charge is 2.28. The van der Waals surface area contributed by atoms with E-state index < -0.39 is 0 Å². The van der Waals surface area contributed by atoms with Crippen LogP contribution in [0.5, 0.6) is 0 Å². The lowest BCUT2D eigenvalue weighted by molar-refractivity contribution is -0.122. The molecule has 0 spiro atoms. The average Bonchev–Trinajstić information content (AvgIpc) is 2.15. The van der Waals surface area contributed by atoms with Crippen LogP contribution >= 0.6 is 0 Å². The average molecular weight is 127 g/mol. The van der Waals surface area contributed by atoms with Gasteiger partial charge in [-0.2, -0.15) is 0 Å². The van der Waals surface area contributed by atoms with Gasteiger partial charge in [0.1, 0.15) is 0 Å². The fraction of sp³-hybridized carbons (Fsp3) is 0.857. The topological polar surface area (TPSA) is 29.1 Å². The second kappa shape index (κ2) is 2.38. The summed E-state index contributed by atoms with van der Waals surface area (Å²) in [5.41, 5.74) is 0. The third kappa shape index (κ3) is 1.07. The van der Waals surface area contributed by atoms with Crippen LogP contribution in [0.25, 0.3) is 0 Å². The molecule has 1 unspecified atom stereocenters. The summed E-state index contributed by atoms with van der Waals surface area (Å²) in [5, 5.41) is 2.83. The van der Waals surface area contributed by atoms with Crippen molar-refractivity contribution in [3.63, 3.8) is 0 Å². The number of carbonyl (C=O) groups excluding carboxylic acids is 1. The maximum atomic E-state index is 10.8. The smallest absolute Gasteiger partial charge is 0.223 e. The molecule has 1 amide bonds. The number of rotatable bonds is 1. The summed E-state index contributed by atoms with van der Waals surface area (Å²) in [4.78, 5) is 10.8. The number of hydrogen-bond donors (Lipinski definition) is 1. The Morgan fingerprint density at radius 2 is 2.44 bits per heavy atom. The van der Waals surface area contributed by atoms with Gasteiger partial charge in [-0.1, -0.05) is 20.3 Å². The van der Waals surface area contributed by atoms with Crippen molar-refractivity contribution in [2.45, 2.75) is 20.3 Å². The molecular formula is C7H13NO. The lowest BCUT2D eigenvalue weighted by Gasteiger charge is -2.06. The highest BCUT2D eigenvalue weighted by molar-refractivity contribution is 5.80. The largest absolute Gasteiger partial charge is 0.356 e. The van der Waals surface area contributed by atoms with Crippen LogP contribution in [0.3, 0.4) is 0 Å². The van der Waals surface area contributed by atoms with E-state index in [1.165, 1.54) is 0 Å². The Kier molecular flexibility index (Phi) is 1.74. The minimum Gasteiger partial charge on any atom is -0.356 e.